The summed E-state index contributed by atoms with van der Waals surface area (Å²) in [4.78, 5) is 38.0. The summed E-state index contributed by atoms with van der Waals surface area (Å²) in [6.45, 7) is 17.3. The van der Waals surface area contributed by atoms with Gasteiger partial charge in [-0.15, -0.1) is 10.2 Å². The van der Waals surface area contributed by atoms with Crippen molar-refractivity contribution in [2.75, 3.05) is 26.0 Å². The minimum atomic E-state index is -0.396. The summed E-state index contributed by atoms with van der Waals surface area (Å²) in [6, 6.07) is 13.0. The Morgan fingerprint density at radius 3 is 2.29 bits per heavy atom. The molecule has 0 aliphatic heterocycles. The molecule has 11 heteroatoms. The van der Waals surface area contributed by atoms with Gasteiger partial charge in [0.2, 0.25) is 5.78 Å². The zero-order valence-corrected chi connectivity index (χ0v) is 30.0. The lowest BCUT2D eigenvalue weighted by Crippen LogP contribution is -2.36. The quantitative estimate of drug-likeness (QED) is 0.184. The van der Waals surface area contributed by atoms with Crippen LogP contribution in [0.25, 0.3) is 5.65 Å². The van der Waals surface area contributed by atoms with Gasteiger partial charge in [-0.05, 0) is 55.6 Å². The first-order valence-corrected chi connectivity index (χ1v) is 16.7. The van der Waals surface area contributed by atoms with Crippen LogP contribution in [0.3, 0.4) is 0 Å². The Labute approximate surface area is 283 Å². The Kier molecular flexibility index (Phi) is 9.65. The second kappa shape index (κ2) is 13.3. The number of aromatic nitrogens is 5. The molecule has 2 N–H and O–H groups in total. The molecular weight excluding hydrogens is 604 g/mol. The van der Waals surface area contributed by atoms with Crippen molar-refractivity contribution in [3.63, 3.8) is 0 Å². The van der Waals surface area contributed by atoms with E-state index >= 15 is 0 Å². The number of nitrogens with zero attached hydrogens (tertiary/aromatic N) is 6. The second-order valence-corrected chi connectivity index (χ2v) is 16.0. The largest absolute Gasteiger partial charge is 0.484 e. The molecule has 0 saturated carbocycles. The van der Waals surface area contributed by atoms with E-state index in [0.29, 0.717) is 24.4 Å². The van der Waals surface area contributed by atoms with Gasteiger partial charge in [0.1, 0.15) is 23.5 Å². The average molecular weight is 655 g/mol. The fourth-order valence-corrected chi connectivity index (χ4v) is 6.40. The normalized spacial score (nSPS) is 16.9. The molecule has 0 unspecified atom stereocenters. The van der Waals surface area contributed by atoms with Crippen molar-refractivity contribution in [1.82, 2.24) is 34.8 Å². The fraction of sp³-hybridized carbons (Fsp3) is 0.514. The number of rotatable bonds is 9. The number of carbonyl (C=O) groups is 2. The summed E-state index contributed by atoms with van der Waals surface area (Å²) < 4.78 is 8.54. The van der Waals surface area contributed by atoms with Gasteiger partial charge in [-0.2, -0.15) is 0 Å². The predicted octanol–water partition coefficient (Wildman–Crippen LogP) is 7.05. The van der Waals surface area contributed by atoms with Crippen LogP contribution in [0.1, 0.15) is 120 Å². The number of hydrogen-bond donors (Lipinski definition) is 2. The lowest BCUT2D eigenvalue weighted by atomic mass is 9.85. The number of benzene rings is 1. The van der Waals surface area contributed by atoms with Gasteiger partial charge in [0.15, 0.2) is 11.5 Å². The molecule has 48 heavy (non-hydrogen) atoms. The highest BCUT2D eigenvalue weighted by molar-refractivity contribution is 5.94. The van der Waals surface area contributed by atoms with E-state index in [4.69, 9.17) is 4.74 Å². The molecule has 0 fully saturated rings. The topological polar surface area (TPSA) is 127 Å². The first-order chi connectivity index (χ1) is 22.4. The standard InChI is InChI=1S/C37H50N8O3/c1-35(2,3)29-19-30(40-32(39-29)27(46)20-37(7,8)22-44(9)10)41-34(47)38-26-16-17-28(25-14-12-11-13-24(25)26)48-23-15-18-31-42-43-33(36(4,5)6)45(31)21-23/h11-15,18-19,21,26,28H,16-17,20,22H2,1-10H3,(H2,38,39,40,41,47)/t26-,28+/m0/s1. The van der Waals surface area contributed by atoms with Crippen molar-refractivity contribution in [1.29, 1.82) is 0 Å². The van der Waals surface area contributed by atoms with Crippen LogP contribution in [0.2, 0.25) is 0 Å². The number of pyridine rings is 1. The third kappa shape index (κ3) is 8.18. The van der Waals surface area contributed by atoms with E-state index < -0.39 is 6.03 Å². The third-order valence-electron chi connectivity index (χ3n) is 8.43. The molecular formula is C37H50N8O3. The van der Waals surface area contributed by atoms with Crippen molar-refractivity contribution in [2.24, 2.45) is 5.41 Å². The third-order valence-corrected chi connectivity index (χ3v) is 8.43. The fourth-order valence-electron chi connectivity index (χ4n) is 6.40. The van der Waals surface area contributed by atoms with E-state index in [9.17, 15) is 9.59 Å². The Bertz CT molecular complexity index is 1800. The molecule has 0 bridgehead atoms. The van der Waals surface area contributed by atoms with Gasteiger partial charge in [-0.1, -0.05) is 79.7 Å². The van der Waals surface area contributed by atoms with Gasteiger partial charge >= 0.3 is 6.03 Å². The highest BCUT2D eigenvalue weighted by Crippen LogP contribution is 2.39. The van der Waals surface area contributed by atoms with Crippen molar-refractivity contribution >= 4 is 23.3 Å². The molecule has 11 nitrogen and oxygen atoms in total. The molecule has 1 aliphatic rings. The number of nitrogens with one attached hydrogen (secondary N) is 2. The Hall–Kier alpha value is -4.38. The maximum Gasteiger partial charge on any atom is 0.320 e. The zero-order valence-electron chi connectivity index (χ0n) is 30.0. The molecule has 3 aromatic heterocycles. The number of amides is 2. The molecule has 0 spiro atoms. The molecule has 1 aliphatic carbocycles. The van der Waals surface area contributed by atoms with E-state index in [1.54, 1.807) is 6.07 Å². The second-order valence-electron chi connectivity index (χ2n) is 16.0. The van der Waals surface area contributed by atoms with Gasteiger partial charge in [0, 0.05) is 29.9 Å². The van der Waals surface area contributed by atoms with Crippen molar-refractivity contribution in [3.8, 4) is 5.75 Å². The van der Waals surface area contributed by atoms with Gasteiger partial charge in [0.25, 0.3) is 0 Å². The van der Waals surface area contributed by atoms with Crippen LogP contribution in [0.4, 0.5) is 10.6 Å². The van der Waals surface area contributed by atoms with Crippen LogP contribution in [0.15, 0.2) is 48.7 Å². The minimum absolute atomic E-state index is 0.117. The number of fused-ring (bicyclic) bond motifs is 2. The Morgan fingerprint density at radius 1 is 0.917 bits per heavy atom. The van der Waals surface area contributed by atoms with Crippen LogP contribution in [0.5, 0.6) is 5.75 Å². The lowest BCUT2D eigenvalue weighted by Gasteiger charge is -2.32. The summed E-state index contributed by atoms with van der Waals surface area (Å²) in [5.41, 5.74) is 2.70. The zero-order chi connectivity index (χ0) is 35.0. The van der Waals surface area contributed by atoms with Crippen LogP contribution in [-0.4, -0.2) is 61.9 Å². The van der Waals surface area contributed by atoms with Crippen LogP contribution >= 0.6 is 0 Å². The SMILES string of the molecule is CN(C)CC(C)(C)CC(=O)c1nc(NC(=O)N[C@H]2CC[C@@H](Oc3ccc4nnc(C(C)(C)C)n4c3)c3ccccc32)cc(C(C)(C)C)n1. The summed E-state index contributed by atoms with van der Waals surface area (Å²) in [5, 5.41) is 14.8. The van der Waals surface area contributed by atoms with Crippen LogP contribution in [0, 0.1) is 5.41 Å². The molecule has 1 aromatic carbocycles. The lowest BCUT2D eigenvalue weighted by molar-refractivity contribution is 0.0900. The summed E-state index contributed by atoms with van der Waals surface area (Å²) in [6.07, 6.45) is 3.44. The van der Waals surface area contributed by atoms with E-state index in [1.165, 1.54) is 0 Å². The molecule has 3 heterocycles. The highest BCUT2D eigenvalue weighted by atomic mass is 16.5. The van der Waals surface area contributed by atoms with Crippen LogP contribution in [-0.2, 0) is 10.8 Å². The molecule has 256 valence electrons. The van der Waals surface area contributed by atoms with Gasteiger partial charge in [0.05, 0.1) is 17.9 Å². The molecule has 5 rings (SSSR count). The maximum atomic E-state index is 13.4. The smallest absolute Gasteiger partial charge is 0.320 e. The number of ketones is 1. The van der Waals surface area contributed by atoms with Crippen LogP contribution < -0.4 is 15.4 Å². The first-order valence-electron chi connectivity index (χ1n) is 16.7. The van der Waals surface area contributed by atoms with E-state index in [2.05, 4.69) is 76.4 Å². The molecule has 0 radical (unpaired) electrons. The number of carbonyl (C=O) groups excluding carboxylic acids is 2. The molecule has 2 amide bonds. The number of hydrogen-bond acceptors (Lipinski definition) is 8. The maximum absolute atomic E-state index is 13.4. The van der Waals surface area contributed by atoms with Crippen molar-refractivity contribution in [3.05, 3.63) is 77.1 Å². The van der Waals surface area contributed by atoms with Gasteiger partial charge < -0.3 is 15.0 Å². The monoisotopic (exact) mass is 654 g/mol. The van der Waals surface area contributed by atoms with E-state index in [1.807, 2.05) is 75.8 Å². The number of urea groups is 1. The highest BCUT2D eigenvalue weighted by Gasteiger charge is 2.31. The summed E-state index contributed by atoms with van der Waals surface area (Å²) in [7, 11) is 3.98. The van der Waals surface area contributed by atoms with E-state index in [-0.39, 0.29) is 46.4 Å². The minimum Gasteiger partial charge on any atom is -0.484 e. The molecule has 0 saturated heterocycles. The van der Waals surface area contributed by atoms with E-state index in [0.717, 1.165) is 34.9 Å². The van der Waals surface area contributed by atoms with Crippen molar-refractivity contribution < 1.29 is 14.3 Å². The first kappa shape index (κ1) is 34.9. The Balaban J connectivity index is 1.32. The molecule has 2 atom stereocenters. The van der Waals surface area contributed by atoms with Crippen molar-refractivity contribution in [2.45, 2.75) is 97.6 Å². The number of Topliss-reactive ketones (excluding diaryl/α,β-unsaturated/α-hetero) is 1. The Morgan fingerprint density at radius 2 is 1.62 bits per heavy atom. The molecule has 4 aromatic rings. The summed E-state index contributed by atoms with van der Waals surface area (Å²) in [5.74, 6) is 1.86. The number of anilines is 1. The van der Waals surface area contributed by atoms with Gasteiger partial charge in [-0.3, -0.25) is 14.5 Å². The average Bonchev–Trinajstić information content (AvgIpc) is 3.41. The number of ether oxygens (including phenoxy) is 1. The van der Waals surface area contributed by atoms with Gasteiger partial charge in [-0.25, -0.2) is 14.8 Å². The summed E-state index contributed by atoms with van der Waals surface area (Å²) >= 11 is 0. The predicted molar refractivity (Wildman–Crippen MR) is 188 cm³/mol.